The van der Waals surface area contributed by atoms with Crippen LogP contribution in [0.2, 0.25) is 10.0 Å². The first-order valence-electron chi connectivity index (χ1n) is 7.36. The number of benzene rings is 1. The predicted octanol–water partition coefficient (Wildman–Crippen LogP) is 6.15. The molecule has 2 unspecified atom stereocenters. The van der Waals surface area contributed by atoms with Crippen LogP contribution in [0.15, 0.2) is 12.1 Å². The average Bonchev–Trinajstić information content (AvgIpc) is 2.33. The van der Waals surface area contributed by atoms with Crippen molar-refractivity contribution in [3.05, 3.63) is 28.0 Å². The first-order chi connectivity index (χ1) is 9.45. The molecule has 1 saturated carbocycles. The number of halogens is 3. The molecule has 0 spiro atoms. The fourth-order valence-electron chi connectivity index (χ4n) is 3.19. The third kappa shape index (κ3) is 4.26. The Labute approximate surface area is 130 Å². The summed E-state index contributed by atoms with van der Waals surface area (Å²) in [5, 5.41) is 4.14. The Bertz CT molecular complexity index is 439. The molecule has 0 radical (unpaired) electrons. The van der Waals surface area contributed by atoms with Crippen LogP contribution < -0.4 is 5.32 Å². The first-order valence-corrected chi connectivity index (χ1v) is 8.12. The largest absolute Gasteiger partial charge is 0.380 e. The summed E-state index contributed by atoms with van der Waals surface area (Å²) >= 11 is 12.2. The lowest BCUT2D eigenvalue weighted by Crippen LogP contribution is -2.28. The fraction of sp³-hybridized carbons (Fsp3) is 0.625. The molecule has 20 heavy (non-hydrogen) atoms. The van der Waals surface area contributed by atoms with Crippen LogP contribution in [0.25, 0.3) is 0 Å². The summed E-state index contributed by atoms with van der Waals surface area (Å²) < 4.78 is 13.2. The van der Waals surface area contributed by atoms with E-state index in [1.165, 1.54) is 31.4 Å². The van der Waals surface area contributed by atoms with Crippen molar-refractivity contribution < 1.29 is 4.39 Å². The molecular weight excluding hydrogens is 296 g/mol. The van der Waals surface area contributed by atoms with Crippen LogP contribution in [-0.4, -0.2) is 6.04 Å². The van der Waals surface area contributed by atoms with Gasteiger partial charge in [0.25, 0.3) is 0 Å². The van der Waals surface area contributed by atoms with Crippen LogP contribution in [0.1, 0.15) is 46.0 Å². The van der Waals surface area contributed by atoms with Crippen molar-refractivity contribution in [3.63, 3.8) is 0 Å². The smallest absolute Gasteiger partial charge is 0.126 e. The summed E-state index contributed by atoms with van der Waals surface area (Å²) in [7, 11) is 0. The summed E-state index contributed by atoms with van der Waals surface area (Å²) in [6, 6.07) is 3.00. The minimum atomic E-state index is -0.396. The van der Waals surface area contributed by atoms with E-state index in [0.717, 1.165) is 24.7 Å². The van der Waals surface area contributed by atoms with Crippen molar-refractivity contribution in [2.75, 3.05) is 5.32 Å². The lowest BCUT2D eigenvalue weighted by atomic mass is 9.81. The van der Waals surface area contributed by atoms with E-state index in [1.54, 1.807) is 0 Å². The van der Waals surface area contributed by atoms with Crippen molar-refractivity contribution >= 4 is 28.9 Å². The van der Waals surface area contributed by atoms with Crippen LogP contribution >= 0.6 is 23.2 Å². The summed E-state index contributed by atoms with van der Waals surface area (Å²) in [6.07, 6.45) is 6.07. The molecule has 1 fully saturated rings. The van der Waals surface area contributed by atoms with Gasteiger partial charge >= 0.3 is 0 Å². The summed E-state index contributed by atoms with van der Waals surface area (Å²) in [5.41, 5.74) is 0.671. The van der Waals surface area contributed by atoms with Gasteiger partial charge in [-0.3, -0.25) is 0 Å². The maximum absolute atomic E-state index is 13.2. The Morgan fingerprint density at radius 1 is 1.25 bits per heavy atom. The zero-order valence-electron chi connectivity index (χ0n) is 12.1. The maximum atomic E-state index is 13.2. The molecule has 0 saturated heterocycles. The van der Waals surface area contributed by atoms with Gasteiger partial charge < -0.3 is 5.32 Å². The van der Waals surface area contributed by atoms with E-state index < -0.39 is 5.82 Å². The van der Waals surface area contributed by atoms with E-state index in [2.05, 4.69) is 19.2 Å². The monoisotopic (exact) mass is 317 g/mol. The topological polar surface area (TPSA) is 12.0 Å². The molecule has 2 atom stereocenters. The van der Waals surface area contributed by atoms with Gasteiger partial charge in [-0.15, -0.1) is 0 Å². The minimum absolute atomic E-state index is 0.362. The van der Waals surface area contributed by atoms with Crippen LogP contribution in [0, 0.1) is 17.7 Å². The molecule has 0 heterocycles. The van der Waals surface area contributed by atoms with Gasteiger partial charge in [0.1, 0.15) is 5.82 Å². The van der Waals surface area contributed by atoms with E-state index in [4.69, 9.17) is 23.2 Å². The van der Waals surface area contributed by atoms with Gasteiger partial charge in [0.05, 0.1) is 15.7 Å². The van der Waals surface area contributed by atoms with Gasteiger partial charge in [0.15, 0.2) is 0 Å². The molecular formula is C16H22Cl2FN. The number of hydrogen-bond donors (Lipinski definition) is 1. The number of nitrogens with one attached hydrogen (secondary N) is 1. The lowest BCUT2D eigenvalue weighted by molar-refractivity contribution is 0.289. The van der Waals surface area contributed by atoms with Crippen molar-refractivity contribution in [1.29, 1.82) is 0 Å². The highest BCUT2D eigenvalue weighted by atomic mass is 35.5. The summed E-state index contributed by atoms with van der Waals surface area (Å²) in [5.74, 6) is 1.10. The van der Waals surface area contributed by atoms with Crippen LogP contribution in [-0.2, 0) is 0 Å². The highest BCUT2D eigenvalue weighted by Crippen LogP contribution is 2.36. The van der Waals surface area contributed by atoms with E-state index >= 15 is 0 Å². The van der Waals surface area contributed by atoms with Gasteiger partial charge in [-0.2, -0.15) is 0 Å². The van der Waals surface area contributed by atoms with Crippen molar-refractivity contribution in [2.24, 2.45) is 11.8 Å². The minimum Gasteiger partial charge on any atom is -0.380 e. The van der Waals surface area contributed by atoms with Gasteiger partial charge in [-0.25, -0.2) is 4.39 Å². The number of anilines is 1. The average molecular weight is 318 g/mol. The Morgan fingerprint density at radius 3 is 2.50 bits per heavy atom. The number of rotatable bonds is 4. The second-order valence-electron chi connectivity index (χ2n) is 6.25. The first kappa shape index (κ1) is 15.9. The zero-order valence-corrected chi connectivity index (χ0v) is 13.6. The molecule has 112 valence electrons. The third-order valence-electron chi connectivity index (χ3n) is 3.94. The third-order valence-corrected chi connectivity index (χ3v) is 4.54. The van der Waals surface area contributed by atoms with Crippen molar-refractivity contribution in [3.8, 4) is 0 Å². The Hall–Kier alpha value is -0.470. The normalized spacial score (nSPS) is 23.1. The molecule has 4 heteroatoms. The standard InChI is InChI=1S/C16H22Cl2FN/c1-10(2)6-11-4-3-5-13(7-11)20-16-14(17)8-12(19)9-15(16)18/h8-11,13,20H,3-7H2,1-2H3. The SMILES string of the molecule is CC(C)CC1CCCC(Nc2c(Cl)cc(F)cc2Cl)C1. The molecule has 1 aliphatic carbocycles. The fourth-order valence-corrected chi connectivity index (χ4v) is 3.76. The summed E-state index contributed by atoms with van der Waals surface area (Å²) in [6.45, 7) is 4.54. The molecule has 1 aliphatic rings. The second kappa shape index (κ2) is 7.00. The number of hydrogen-bond acceptors (Lipinski definition) is 1. The van der Waals surface area contributed by atoms with E-state index in [-0.39, 0.29) is 0 Å². The van der Waals surface area contributed by atoms with Gasteiger partial charge in [0, 0.05) is 6.04 Å². The molecule has 0 aliphatic heterocycles. The van der Waals surface area contributed by atoms with E-state index in [9.17, 15) is 4.39 Å². The summed E-state index contributed by atoms with van der Waals surface area (Å²) in [4.78, 5) is 0. The maximum Gasteiger partial charge on any atom is 0.126 e. The van der Waals surface area contributed by atoms with Gasteiger partial charge in [-0.1, -0.05) is 49.9 Å². The molecule has 0 bridgehead atoms. The molecule has 0 amide bonds. The molecule has 1 nitrogen and oxygen atoms in total. The molecule has 0 aromatic heterocycles. The highest BCUT2D eigenvalue weighted by molar-refractivity contribution is 6.39. The van der Waals surface area contributed by atoms with Gasteiger partial charge in [0.2, 0.25) is 0 Å². The molecule has 1 aromatic rings. The highest BCUT2D eigenvalue weighted by Gasteiger charge is 2.23. The van der Waals surface area contributed by atoms with Crippen molar-refractivity contribution in [2.45, 2.75) is 52.0 Å². The molecule has 1 aromatic carbocycles. The van der Waals surface area contributed by atoms with Crippen molar-refractivity contribution in [1.82, 2.24) is 0 Å². The van der Waals surface area contributed by atoms with E-state index in [0.29, 0.717) is 21.8 Å². The van der Waals surface area contributed by atoms with Crippen LogP contribution in [0.5, 0.6) is 0 Å². The Kier molecular flexibility index (Phi) is 5.57. The lowest BCUT2D eigenvalue weighted by Gasteiger charge is -2.31. The Balaban J connectivity index is 2.03. The quantitative estimate of drug-likeness (QED) is 0.702. The Morgan fingerprint density at radius 2 is 1.90 bits per heavy atom. The van der Waals surface area contributed by atoms with Crippen LogP contribution in [0.4, 0.5) is 10.1 Å². The van der Waals surface area contributed by atoms with Gasteiger partial charge in [-0.05, 0) is 43.2 Å². The second-order valence-corrected chi connectivity index (χ2v) is 7.06. The van der Waals surface area contributed by atoms with E-state index in [1.807, 2.05) is 0 Å². The molecule has 2 rings (SSSR count). The predicted molar refractivity (Wildman–Crippen MR) is 85.2 cm³/mol. The molecule has 1 N–H and O–H groups in total. The zero-order chi connectivity index (χ0) is 14.7. The van der Waals surface area contributed by atoms with Crippen LogP contribution in [0.3, 0.4) is 0 Å².